The van der Waals surface area contributed by atoms with Crippen LogP contribution >= 0.6 is 11.6 Å². The van der Waals surface area contributed by atoms with E-state index >= 15 is 0 Å². The topological polar surface area (TPSA) is 49.4 Å². The molecule has 1 aromatic carbocycles. The Labute approximate surface area is 112 Å². The maximum atomic E-state index is 12.0. The number of alkyl halides is 1. The van der Waals surface area contributed by atoms with Gasteiger partial charge in [0.15, 0.2) is 0 Å². The molecule has 0 fully saturated rings. The van der Waals surface area contributed by atoms with Crippen molar-refractivity contribution in [2.75, 3.05) is 20.0 Å². The highest BCUT2D eigenvalue weighted by molar-refractivity contribution is 6.27. The lowest BCUT2D eigenvalue weighted by atomic mass is 10.1. The Kier molecular flexibility index (Phi) is 5.65. The molecule has 4 nitrogen and oxygen atoms in total. The van der Waals surface area contributed by atoms with E-state index in [-0.39, 0.29) is 17.7 Å². The molecule has 0 spiro atoms. The molecule has 0 aliphatic carbocycles. The SMILES string of the molecule is CN(C)C(=O)[C@@H](Cc1ccccc1)NC(=O)CCl. The maximum Gasteiger partial charge on any atom is 0.244 e. The second-order valence-electron chi connectivity index (χ2n) is 4.18. The lowest BCUT2D eigenvalue weighted by molar-refractivity contribution is -0.133. The lowest BCUT2D eigenvalue weighted by Gasteiger charge is -2.21. The van der Waals surface area contributed by atoms with Crippen molar-refractivity contribution in [1.82, 2.24) is 10.2 Å². The van der Waals surface area contributed by atoms with Gasteiger partial charge in [0.1, 0.15) is 11.9 Å². The zero-order valence-electron chi connectivity index (χ0n) is 10.5. The van der Waals surface area contributed by atoms with Gasteiger partial charge in [-0.15, -0.1) is 11.6 Å². The van der Waals surface area contributed by atoms with E-state index in [1.165, 1.54) is 4.90 Å². The van der Waals surface area contributed by atoms with Crippen molar-refractivity contribution in [3.05, 3.63) is 35.9 Å². The Morgan fingerprint density at radius 1 is 1.28 bits per heavy atom. The molecule has 1 rings (SSSR count). The zero-order chi connectivity index (χ0) is 13.5. The minimum absolute atomic E-state index is 0.141. The predicted molar refractivity (Wildman–Crippen MR) is 71.5 cm³/mol. The summed E-state index contributed by atoms with van der Waals surface area (Å²) in [6.45, 7) is 0. The summed E-state index contributed by atoms with van der Waals surface area (Å²) in [6, 6.07) is 8.97. The molecule has 1 N–H and O–H groups in total. The van der Waals surface area contributed by atoms with Crippen LogP contribution in [-0.4, -0.2) is 42.7 Å². The van der Waals surface area contributed by atoms with Gasteiger partial charge in [0.2, 0.25) is 11.8 Å². The number of carbonyl (C=O) groups is 2. The zero-order valence-corrected chi connectivity index (χ0v) is 11.3. The molecule has 2 amide bonds. The number of nitrogens with one attached hydrogen (secondary N) is 1. The number of rotatable bonds is 5. The molecule has 0 bridgehead atoms. The third-order valence-electron chi connectivity index (χ3n) is 2.48. The average molecular weight is 269 g/mol. The van der Waals surface area contributed by atoms with Gasteiger partial charge < -0.3 is 10.2 Å². The van der Waals surface area contributed by atoms with Crippen molar-refractivity contribution in [3.63, 3.8) is 0 Å². The fourth-order valence-electron chi connectivity index (χ4n) is 1.59. The van der Waals surface area contributed by atoms with Gasteiger partial charge in [0.25, 0.3) is 0 Å². The second kappa shape index (κ2) is 7.01. The molecule has 0 aliphatic rings. The van der Waals surface area contributed by atoms with Crippen LogP contribution in [0.1, 0.15) is 5.56 Å². The number of hydrogen-bond donors (Lipinski definition) is 1. The van der Waals surface area contributed by atoms with E-state index in [0.717, 1.165) is 5.56 Å². The van der Waals surface area contributed by atoms with E-state index in [1.54, 1.807) is 14.1 Å². The van der Waals surface area contributed by atoms with Crippen molar-refractivity contribution in [2.24, 2.45) is 0 Å². The Morgan fingerprint density at radius 2 is 1.89 bits per heavy atom. The molecule has 1 atom stereocenters. The van der Waals surface area contributed by atoms with Crippen LogP contribution in [-0.2, 0) is 16.0 Å². The average Bonchev–Trinajstić information content (AvgIpc) is 2.38. The second-order valence-corrected chi connectivity index (χ2v) is 4.44. The summed E-state index contributed by atoms with van der Waals surface area (Å²) in [6.07, 6.45) is 0.459. The van der Waals surface area contributed by atoms with Crippen molar-refractivity contribution in [1.29, 1.82) is 0 Å². The van der Waals surface area contributed by atoms with Gasteiger partial charge in [0.05, 0.1) is 0 Å². The van der Waals surface area contributed by atoms with Crippen LogP contribution < -0.4 is 5.32 Å². The van der Waals surface area contributed by atoms with Crippen LogP contribution in [0, 0.1) is 0 Å². The van der Waals surface area contributed by atoms with E-state index in [2.05, 4.69) is 5.32 Å². The molecule has 0 aromatic heterocycles. The first-order valence-corrected chi connectivity index (χ1v) is 6.18. The van der Waals surface area contributed by atoms with Gasteiger partial charge >= 0.3 is 0 Å². The summed E-state index contributed by atoms with van der Waals surface area (Å²) < 4.78 is 0. The van der Waals surface area contributed by atoms with Crippen LogP contribution in [0.15, 0.2) is 30.3 Å². The molecule has 0 unspecified atom stereocenters. The van der Waals surface area contributed by atoms with Gasteiger partial charge in [-0.2, -0.15) is 0 Å². The molecular formula is C13H17ClN2O2. The highest BCUT2D eigenvalue weighted by Crippen LogP contribution is 2.05. The molecular weight excluding hydrogens is 252 g/mol. The Bertz CT molecular complexity index is 407. The molecule has 0 heterocycles. The molecule has 18 heavy (non-hydrogen) atoms. The van der Waals surface area contributed by atoms with Crippen LogP contribution in [0.4, 0.5) is 0 Å². The minimum Gasteiger partial charge on any atom is -0.347 e. The highest BCUT2D eigenvalue weighted by atomic mass is 35.5. The quantitative estimate of drug-likeness (QED) is 0.812. The number of nitrogens with zero attached hydrogens (tertiary/aromatic N) is 1. The summed E-state index contributed by atoms with van der Waals surface area (Å²) in [4.78, 5) is 24.8. The van der Waals surface area contributed by atoms with Gasteiger partial charge in [-0.05, 0) is 5.56 Å². The molecule has 0 aliphatic heterocycles. The Morgan fingerprint density at radius 3 is 2.39 bits per heavy atom. The molecule has 1 aromatic rings. The van der Waals surface area contributed by atoms with Crippen molar-refractivity contribution >= 4 is 23.4 Å². The Hall–Kier alpha value is -1.55. The summed E-state index contributed by atoms with van der Waals surface area (Å²) in [5.41, 5.74) is 0.993. The van der Waals surface area contributed by atoms with E-state index in [0.29, 0.717) is 6.42 Å². The lowest BCUT2D eigenvalue weighted by Crippen LogP contribution is -2.47. The van der Waals surface area contributed by atoms with E-state index in [1.807, 2.05) is 30.3 Å². The number of halogens is 1. The maximum absolute atomic E-state index is 12.0. The third kappa shape index (κ3) is 4.37. The van der Waals surface area contributed by atoms with E-state index < -0.39 is 6.04 Å². The minimum atomic E-state index is -0.575. The number of likely N-dealkylation sites (N-methyl/N-ethyl adjacent to an activating group) is 1. The van der Waals surface area contributed by atoms with Crippen LogP contribution in [0.5, 0.6) is 0 Å². The molecule has 0 saturated heterocycles. The van der Waals surface area contributed by atoms with Crippen molar-refractivity contribution < 1.29 is 9.59 Å². The van der Waals surface area contributed by atoms with Gasteiger partial charge in [-0.3, -0.25) is 9.59 Å². The Balaban J connectivity index is 2.77. The first-order valence-electron chi connectivity index (χ1n) is 5.65. The number of benzene rings is 1. The first-order chi connectivity index (χ1) is 8.54. The highest BCUT2D eigenvalue weighted by Gasteiger charge is 2.22. The number of amides is 2. The van der Waals surface area contributed by atoms with Gasteiger partial charge in [-0.1, -0.05) is 30.3 Å². The standard InChI is InChI=1S/C13H17ClN2O2/c1-16(2)13(18)11(15-12(17)9-14)8-10-6-4-3-5-7-10/h3-7,11H,8-9H2,1-2H3,(H,15,17)/t11-/m1/s1. The number of carbonyl (C=O) groups excluding carboxylic acids is 2. The van der Waals surface area contributed by atoms with Crippen LogP contribution in [0.3, 0.4) is 0 Å². The van der Waals surface area contributed by atoms with E-state index in [9.17, 15) is 9.59 Å². The molecule has 5 heteroatoms. The van der Waals surface area contributed by atoms with Crippen molar-refractivity contribution in [2.45, 2.75) is 12.5 Å². The number of hydrogen-bond acceptors (Lipinski definition) is 2. The van der Waals surface area contributed by atoms with Crippen LogP contribution in [0.2, 0.25) is 0 Å². The van der Waals surface area contributed by atoms with E-state index in [4.69, 9.17) is 11.6 Å². The largest absolute Gasteiger partial charge is 0.347 e. The smallest absolute Gasteiger partial charge is 0.244 e. The monoisotopic (exact) mass is 268 g/mol. The van der Waals surface area contributed by atoms with Gasteiger partial charge in [-0.25, -0.2) is 0 Å². The summed E-state index contributed by atoms with van der Waals surface area (Å²) >= 11 is 5.45. The first kappa shape index (κ1) is 14.5. The molecule has 0 radical (unpaired) electrons. The third-order valence-corrected chi connectivity index (χ3v) is 2.72. The predicted octanol–water partition coefficient (Wildman–Crippen LogP) is 1.04. The molecule has 98 valence electrons. The fourth-order valence-corrected chi connectivity index (χ4v) is 1.67. The summed E-state index contributed by atoms with van der Waals surface area (Å²) in [5, 5.41) is 2.63. The fraction of sp³-hybridized carbons (Fsp3) is 0.385. The molecule has 0 saturated carbocycles. The van der Waals surface area contributed by atoms with Crippen LogP contribution in [0.25, 0.3) is 0 Å². The van der Waals surface area contributed by atoms with Gasteiger partial charge in [0, 0.05) is 20.5 Å². The van der Waals surface area contributed by atoms with Crippen molar-refractivity contribution in [3.8, 4) is 0 Å². The summed E-state index contributed by atoms with van der Waals surface area (Å²) in [5.74, 6) is -0.628. The summed E-state index contributed by atoms with van der Waals surface area (Å²) in [7, 11) is 3.32. The normalized spacial score (nSPS) is 11.7.